The van der Waals surface area contributed by atoms with Crippen LogP contribution in [0, 0.1) is 0 Å². The Labute approximate surface area is 120 Å². The summed E-state index contributed by atoms with van der Waals surface area (Å²) in [6.45, 7) is 2.54. The largest absolute Gasteiger partial charge is 0.496 e. The van der Waals surface area contributed by atoms with Gasteiger partial charge in [0.25, 0.3) is 0 Å². The zero-order valence-electron chi connectivity index (χ0n) is 12.0. The van der Waals surface area contributed by atoms with Crippen LogP contribution in [0.5, 0.6) is 11.5 Å². The van der Waals surface area contributed by atoms with E-state index in [2.05, 4.69) is 6.92 Å². The van der Waals surface area contributed by atoms with Crippen LogP contribution >= 0.6 is 0 Å². The summed E-state index contributed by atoms with van der Waals surface area (Å²) >= 11 is 0. The van der Waals surface area contributed by atoms with Gasteiger partial charge in [0, 0.05) is 17.2 Å². The Hall–Kier alpha value is -2.00. The van der Waals surface area contributed by atoms with Gasteiger partial charge in [-0.2, -0.15) is 0 Å². The SMILES string of the molecule is CC[C@@H](N)c1ccccc1OCc1ccccc1OC. The lowest BCUT2D eigenvalue weighted by molar-refractivity contribution is 0.292. The molecule has 0 radical (unpaired) electrons. The van der Waals surface area contributed by atoms with Crippen LogP contribution < -0.4 is 15.2 Å². The number of rotatable bonds is 6. The summed E-state index contributed by atoms with van der Waals surface area (Å²) in [5.74, 6) is 1.68. The normalized spacial score (nSPS) is 11.9. The monoisotopic (exact) mass is 271 g/mol. The van der Waals surface area contributed by atoms with Crippen molar-refractivity contribution in [2.45, 2.75) is 26.0 Å². The molecule has 106 valence electrons. The second-order valence-electron chi connectivity index (χ2n) is 4.65. The number of hydrogen-bond donors (Lipinski definition) is 1. The molecule has 0 bridgehead atoms. The predicted octanol–water partition coefficient (Wildman–Crippen LogP) is 3.68. The lowest BCUT2D eigenvalue weighted by Gasteiger charge is -2.16. The zero-order valence-corrected chi connectivity index (χ0v) is 12.0. The van der Waals surface area contributed by atoms with Gasteiger partial charge in [0.05, 0.1) is 7.11 Å². The fraction of sp³-hybridized carbons (Fsp3) is 0.294. The number of para-hydroxylation sites is 2. The minimum Gasteiger partial charge on any atom is -0.496 e. The van der Waals surface area contributed by atoms with Gasteiger partial charge in [0.15, 0.2) is 0 Å². The first-order chi connectivity index (χ1) is 9.76. The zero-order chi connectivity index (χ0) is 14.4. The standard InChI is InChI=1S/C17H21NO2/c1-3-15(18)14-9-5-7-11-17(14)20-12-13-8-4-6-10-16(13)19-2/h4-11,15H,3,12,18H2,1-2H3/t15-/m1/s1. The van der Waals surface area contributed by atoms with Gasteiger partial charge >= 0.3 is 0 Å². The Kier molecular flexibility index (Phi) is 5.02. The van der Waals surface area contributed by atoms with Gasteiger partial charge in [0.2, 0.25) is 0 Å². The molecule has 0 aromatic heterocycles. The van der Waals surface area contributed by atoms with E-state index in [1.165, 1.54) is 0 Å². The lowest BCUT2D eigenvalue weighted by atomic mass is 10.0. The minimum atomic E-state index is 0.00358. The molecule has 20 heavy (non-hydrogen) atoms. The molecule has 0 aliphatic heterocycles. The Morgan fingerprint density at radius 2 is 1.65 bits per heavy atom. The van der Waals surface area contributed by atoms with E-state index in [-0.39, 0.29) is 6.04 Å². The van der Waals surface area contributed by atoms with Crippen molar-refractivity contribution < 1.29 is 9.47 Å². The summed E-state index contributed by atoms with van der Waals surface area (Å²) < 4.78 is 11.3. The number of benzene rings is 2. The summed E-state index contributed by atoms with van der Waals surface area (Å²) in [4.78, 5) is 0. The summed E-state index contributed by atoms with van der Waals surface area (Å²) in [7, 11) is 1.67. The molecule has 0 saturated carbocycles. The van der Waals surface area contributed by atoms with Gasteiger partial charge in [-0.15, -0.1) is 0 Å². The first-order valence-electron chi connectivity index (χ1n) is 6.85. The van der Waals surface area contributed by atoms with E-state index in [0.29, 0.717) is 6.61 Å². The topological polar surface area (TPSA) is 44.5 Å². The van der Waals surface area contributed by atoms with E-state index in [0.717, 1.165) is 29.0 Å². The molecule has 2 aromatic carbocycles. The molecule has 3 heteroatoms. The summed E-state index contributed by atoms with van der Waals surface area (Å²) in [5.41, 5.74) is 8.18. The maximum Gasteiger partial charge on any atom is 0.125 e. The van der Waals surface area contributed by atoms with Crippen LogP contribution in [0.3, 0.4) is 0 Å². The van der Waals surface area contributed by atoms with E-state index in [1.54, 1.807) is 7.11 Å². The first-order valence-corrected chi connectivity index (χ1v) is 6.85. The van der Waals surface area contributed by atoms with Crippen molar-refractivity contribution in [1.82, 2.24) is 0 Å². The molecule has 0 aliphatic carbocycles. The average Bonchev–Trinajstić information content (AvgIpc) is 2.52. The molecule has 0 saturated heterocycles. The van der Waals surface area contributed by atoms with Crippen LogP contribution in [-0.2, 0) is 6.61 Å². The third-order valence-corrected chi connectivity index (χ3v) is 3.33. The summed E-state index contributed by atoms with van der Waals surface area (Å²) in [6.07, 6.45) is 0.884. The number of hydrogen-bond acceptors (Lipinski definition) is 3. The molecule has 2 N–H and O–H groups in total. The highest BCUT2D eigenvalue weighted by molar-refractivity contribution is 5.37. The van der Waals surface area contributed by atoms with Gasteiger partial charge in [-0.25, -0.2) is 0 Å². The second-order valence-corrected chi connectivity index (χ2v) is 4.65. The molecule has 0 spiro atoms. The molecular weight excluding hydrogens is 250 g/mol. The average molecular weight is 271 g/mol. The van der Waals surface area contributed by atoms with Gasteiger partial charge in [-0.05, 0) is 18.6 Å². The van der Waals surface area contributed by atoms with Gasteiger partial charge < -0.3 is 15.2 Å². The van der Waals surface area contributed by atoms with Crippen LogP contribution in [0.4, 0.5) is 0 Å². The van der Waals surface area contributed by atoms with Crippen molar-refractivity contribution in [2.24, 2.45) is 5.73 Å². The lowest BCUT2D eigenvalue weighted by Crippen LogP contribution is -2.11. The van der Waals surface area contributed by atoms with Crippen molar-refractivity contribution >= 4 is 0 Å². The molecular formula is C17H21NO2. The highest BCUT2D eigenvalue weighted by atomic mass is 16.5. The van der Waals surface area contributed by atoms with E-state index in [4.69, 9.17) is 15.2 Å². The van der Waals surface area contributed by atoms with Gasteiger partial charge in [-0.1, -0.05) is 43.3 Å². The minimum absolute atomic E-state index is 0.00358. The fourth-order valence-corrected chi connectivity index (χ4v) is 2.12. The quantitative estimate of drug-likeness (QED) is 0.871. The van der Waals surface area contributed by atoms with Crippen LogP contribution in [-0.4, -0.2) is 7.11 Å². The Balaban J connectivity index is 2.15. The number of nitrogens with two attached hydrogens (primary N) is 1. The Morgan fingerprint density at radius 1 is 1.00 bits per heavy atom. The number of ether oxygens (including phenoxy) is 2. The van der Waals surface area contributed by atoms with Gasteiger partial charge in [0.1, 0.15) is 18.1 Å². The van der Waals surface area contributed by atoms with Crippen molar-refractivity contribution in [2.75, 3.05) is 7.11 Å². The number of methoxy groups -OCH3 is 1. The molecule has 3 nitrogen and oxygen atoms in total. The summed E-state index contributed by atoms with van der Waals surface area (Å²) in [5, 5.41) is 0. The van der Waals surface area contributed by atoms with E-state index in [1.807, 2.05) is 48.5 Å². The van der Waals surface area contributed by atoms with Crippen LogP contribution in [0.2, 0.25) is 0 Å². The molecule has 2 aromatic rings. The van der Waals surface area contributed by atoms with Gasteiger partial charge in [-0.3, -0.25) is 0 Å². The van der Waals surface area contributed by atoms with E-state index >= 15 is 0 Å². The van der Waals surface area contributed by atoms with Crippen molar-refractivity contribution in [1.29, 1.82) is 0 Å². The van der Waals surface area contributed by atoms with Crippen molar-refractivity contribution in [3.8, 4) is 11.5 Å². The fourth-order valence-electron chi connectivity index (χ4n) is 2.12. The third-order valence-electron chi connectivity index (χ3n) is 3.33. The Morgan fingerprint density at radius 3 is 2.35 bits per heavy atom. The molecule has 1 atom stereocenters. The van der Waals surface area contributed by atoms with Crippen LogP contribution in [0.15, 0.2) is 48.5 Å². The predicted molar refractivity (Wildman–Crippen MR) is 81.0 cm³/mol. The highest BCUT2D eigenvalue weighted by Gasteiger charge is 2.10. The maximum atomic E-state index is 6.12. The molecule has 0 unspecified atom stereocenters. The molecule has 2 rings (SSSR count). The molecule has 0 fully saturated rings. The smallest absolute Gasteiger partial charge is 0.125 e. The van der Waals surface area contributed by atoms with Crippen molar-refractivity contribution in [3.63, 3.8) is 0 Å². The Bertz CT molecular complexity index is 554. The summed E-state index contributed by atoms with van der Waals surface area (Å²) in [6, 6.07) is 15.8. The van der Waals surface area contributed by atoms with Crippen LogP contribution in [0.25, 0.3) is 0 Å². The van der Waals surface area contributed by atoms with E-state index in [9.17, 15) is 0 Å². The molecule has 0 heterocycles. The third kappa shape index (κ3) is 3.31. The van der Waals surface area contributed by atoms with E-state index < -0.39 is 0 Å². The first kappa shape index (κ1) is 14.4. The molecule has 0 amide bonds. The molecule has 0 aliphatic rings. The highest BCUT2D eigenvalue weighted by Crippen LogP contribution is 2.27. The second kappa shape index (κ2) is 6.96. The van der Waals surface area contributed by atoms with Crippen molar-refractivity contribution in [3.05, 3.63) is 59.7 Å². The van der Waals surface area contributed by atoms with Crippen LogP contribution in [0.1, 0.15) is 30.5 Å². The maximum absolute atomic E-state index is 6.12.